The molecule has 3 rings (SSSR count). The van der Waals surface area contributed by atoms with Gasteiger partial charge in [0.25, 0.3) is 5.69 Å². The topological polar surface area (TPSA) is 58.4 Å². The number of hydrogen-bond acceptors (Lipinski definition) is 4. The maximum Gasteiger partial charge on any atom is 0.273 e. The summed E-state index contributed by atoms with van der Waals surface area (Å²) in [6.45, 7) is 4.85. The molecule has 122 valence electrons. The standard InChI is InChI=1S/C15H20ClN3O2.ClH/c16-13-1-2-14(19(20)21)12(9-13)10-18-8-5-15(11-18)3-6-17-7-4-15;/h1-2,9,17H,3-8,10-11H2;1H. The van der Waals surface area contributed by atoms with E-state index in [4.69, 9.17) is 11.6 Å². The molecule has 1 N–H and O–H groups in total. The van der Waals surface area contributed by atoms with E-state index >= 15 is 0 Å². The molecule has 2 saturated heterocycles. The molecule has 5 nitrogen and oxygen atoms in total. The largest absolute Gasteiger partial charge is 0.317 e. The van der Waals surface area contributed by atoms with Crippen LogP contribution in [0.5, 0.6) is 0 Å². The summed E-state index contributed by atoms with van der Waals surface area (Å²) in [5.41, 5.74) is 1.31. The van der Waals surface area contributed by atoms with E-state index in [1.165, 1.54) is 25.3 Å². The van der Waals surface area contributed by atoms with Crippen molar-refractivity contribution in [2.45, 2.75) is 25.8 Å². The van der Waals surface area contributed by atoms with E-state index in [1.807, 2.05) is 0 Å². The number of likely N-dealkylation sites (tertiary alicyclic amines) is 1. The molecule has 7 heteroatoms. The van der Waals surface area contributed by atoms with E-state index in [-0.39, 0.29) is 23.0 Å². The number of nitrogens with one attached hydrogen (secondary N) is 1. The predicted octanol–water partition coefficient (Wildman–Crippen LogP) is 3.25. The quantitative estimate of drug-likeness (QED) is 0.674. The lowest BCUT2D eigenvalue weighted by Crippen LogP contribution is -2.38. The lowest BCUT2D eigenvalue weighted by atomic mass is 9.78. The van der Waals surface area contributed by atoms with Gasteiger partial charge in [0.05, 0.1) is 4.92 Å². The second kappa shape index (κ2) is 7.13. The Balaban J connectivity index is 0.00000176. The fourth-order valence-corrected chi connectivity index (χ4v) is 3.82. The number of rotatable bonds is 3. The summed E-state index contributed by atoms with van der Waals surface area (Å²) in [6.07, 6.45) is 3.62. The van der Waals surface area contributed by atoms with Gasteiger partial charge in [0.1, 0.15) is 0 Å². The molecule has 0 aliphatic carbocycles. The van der Waals surface area contributed by atoms with E-state index in [0.29, 0.717) is 17.0 Å². The van der Waals surface area contributed by atoms with Crippen molar-refractivity contribution in [1.82, 2.24) is 10.2 Å². The Morgan fingerprint density at radius 3 is 2.73 bits per heavy atom. The molecule has 0 bridgehead atoms. The maximum absolute atomic E-state index is 11.1. The molecule has 2 fully saturated rings. The number of halogens is 2. The molecular weight excluding hydrogens is 325 g/mol. The first-order valence-electron chi connectivity index (χ1n) is 7.44. The summed E-state index contributed by atoms with van der Waals surface area (Å²) in [5.74, 6) is 0. The third kappa shape index (κ3) is 3.71. The van der Waals surface area contributed by atoms with Crippen LogP contribution >= 0.6 is 24.0 Å². The Morgan fingerprint density at radius 1 is 1.32 bits per heavy atom. The minimum atomic E-state index is -0.317. The van der Waals surface area contributed by atoms with Crippen LogP contribution in [0.1, 0.15) is 24.8 Å². The monoisotopic (exact) mass is 345 g/mol. The van der Waals surface area contributed by atoms with Crippen molar-refractivity contribution in [2.75, 3.05) is 26.2 Å². The summed E-state index contributed by atoms with van der Waals surface area (Å²) >= 11 is 6.00. The lowest BCUT2D eigenvalue weighted by molar-refractivity contribution is -0.385. The van der Waals surface area contributed by atoms with Crippen molar-refractivity contribution in [3.63, 3.8) is 0 Å². The third-order valence-corrected chi connectivity index (χ3v) is 5.05. The van der Waals surface area contributed by atoms with Gasteiger partial charge in [0.2, 0.25) is 0 Å². The number of nitro groups is 1. The van der Waals surface area contributed by atoms with E-state index in [0.717, 1.165) is 31.7 Å². The van der Waals surface area contributed by atoms with Gasteiger partial charge >= 0.3 is 0 Å². The molecule has 22 heavy (non-hydrogen) atoms. The average Bonchev–Trinajstić information content (AvgIpc) is 2.82. The van der Waals surface area contributed by atoms with Crippen LogP contribution < -0.4 is 5.32 Å². The number of piperidine rings is 1. The first-order valence-corrected chi connectivity index (χ1v) is 7.82. The van der Waals surface area contributed by atoms with Gasteiger partial charge in [-0.15, -0.1) is 12.4 Å². The molecule has 0 amide bonds. The van der Waals surface area contributed by atoms with Crippen molar-refractivity contribution in [3.05, 3.63) is 38.9 Å². The normalized spacial score (nSPS) is 20.8. The van der Waals surface area contributed by atoms with Gasteiger partial charge < -0.3 is 5.32 Å². The Kier molecular flexibility index (Phi) is 5.66. The fourth-order valence-electron chi connectivity index (χ4n) is 3.63. The van der Waals surface area contributed by atoms with Crippen LogP contribution in [0.25, 0.3) is 0 Å². The van der Waals surface area contributed by atoms with Crippen molar-refractivity contribution in [3.8, 4) is 0 Å². The molecule has 0 radical (unpaired) electrons. The molecular formula is C15H21Cl2N3O2. The zero-order valence-electron chi connectivity index (χ0n) is 12.4. The van der Waals surface area contributed by atoms with E-state index in [9.17, 15) is 10.1 Å². The summed E-state index contributed by atoms with van der Waals surface area (Å²) in [4.78, 5) is 13.2. The van der Waals surface area contributed by atoms with Crippen LogP contribution in [0.4, 0.5) is 5.69 Å². The van der Waals surface area contributed by atoms with Crippen LogP contribution in [0.15, 0.2) is 18.2 Å². The zero-order chi connectivity index (χ0) is 14.9. The maximum atomic E-state index is 11.1. The Morgan fingerprint density at radius 2 is 2.05 bits per heavy atom. The van der Waals surface area contributed by atoms with Gasteiger partial charge in [-0.3, -0.25) is 15.0 Å². The molecule has 0 unspecified atom stereocenters. The highest BCUT2D eigenvalue weighted by molar-refractivity contribution is 6.30. The first-order chi connectivity index (χ1) is 10.1. The van der Waals surface area contributed by atoms with Crippen LogP contribution in [0.3, 0.4) is 0 Å². The summed E-state index contributed by atoms with van der Waals surface area (Å²) in [7, 11) is 0. The van der Waals surface area contributed by atoms with E-state index in [1.54, 1.807) is 12.1 Å². The van der Waals surface area contributed by atoms with Crippen molar-refractivity contribution < 1.29 is 4.92 Å². The highest BCUT2D eigenvalue weighted by Crippen LogP contribution is 2.39. The highest BCUT2D eigenvalue weighted by atomic mass is 35.5. The second-order valence-corrected chi connectivity index (χ2v) is 6.68. The summed E-state index contributed by atoms with van der Waals surface area (Å²) in [6, 6.07) is 4.82. The van der Waals surface area contributed by atoms with E-state index < -0.39 is 0 Å². The number of benzene rings is 1. The van der Waals surface area contributed by atoms with Crippen molar-refractivity contribution >= 4 is 29.7 Å². The van der Waals surface area contributed by atoms with Crippen LogP contribution in [-0.4, -0.2) is 36.0 Å². The number of hydrogen-bond donors (Lipinski definition) is 1. The molecule has 0 saturated carbocycles. The van der Waals surface area contributed by atoms with Gasteiger partial charge in [-0.25, -0.2) is 0 Å². The fraction of sp³-hybridized carbons (Fsp3) is 0.600. The Labute approximate surface area is 141 Å². The molecule has 2 aliphatic rings. The summed E-state index contributed by atoms with van der Waals surface area (Å²) in [5, 5.41) is 15.1. The predicted molar refractivity (Wildman–Crippen MR) is 89.8 cm³/mol. The smallest absolute Gasteiger partial charge is 0.273 e. The van der Waals surface area contributed by atoms with Gasteiger partial charge in [0.15, 0.2) is 0 Å². The van der Waals surface area contributed by atoms with Gasteiger partial charge in [-0.1, -0.05) is 11.6 Å². The van der Waals surface area contributed by atoms with Crippen molar-refractivity contribution in [2.24, 2.45) is 5.41 Å². The molecule has 1 aromatic rings. The van der Waals surface area contributed by atoms with Gasteiger partial charge in [-0.05, 0) is 56.4 Å². The van der Waals surface area contributed by atoms with Crippen LogP contribution in [0.2, 0.25) is 5.02 Å². The van der Waals surface area contributed by atoms with Crippen molar-refractivity contribution in [1.29, 1.82) is 0 Å². The SMILES string of the molecule is Cl.O=[N+]([O-])c1ccc(Cl)cc1CN1CCC2(CCNCC2)C1. The minimum absolute atomic E-state index is 0. The van der Waals surface area contributed by atoms with Crippen LogP contribution in [0, 0.1) is 15.5 Å². The number of nitrogens with zero attached hydrogens (tertiary/aromatic N) is 2. The Bertz CT molecular complexity index is 548. The molecule has 0 aromatic heterocycles. The molecule has 0 atom stereocenters. The van der Waals surface area contributed by atoms with Gasteiger partial charge in [-0.2, -0.15) is 0 Å². The Hall–Kier alpha value is -0.880. The molecule has 2 aliphatic heterocycles. The second-order valence-electron chi connectivity index (χ2n) is 6.24. The summed E-state index contributed by atoms with van der Waals surface area (Å²) < 4.78 is 0. The molecule has 2 heterocycles. The van der Waals surface area contributed by atoms with Crippen LogP contribution in [-0.2, 0) is 6.54 Å². The molecule has 1 aromatic carbocycles. The average molecular weight is 346 g/mol. The lowest BCUT2D eigenvalue weighted by Gasteiger charge is -2.33. The highest BCUT2D eigenvalue weighted by Gasteiger charge is 2.39. The van der Waals surface area contributed by atoms with Gasteiger partial charge in [0, 0.05) is 29.7 Å². The number of nitro benzene ring substituents is 1. The third-order valence-electron chi connectivity index (χ3n) is 4.81. The molecule has 1 spiro atoms. The zero-order valence-corrected chi connectivity index (χ0v) is 14.0. The first kappa shape index (κ1) is 17.5. The van der Waals surface area contributed by atoms with E-state index in [2.05, 4.69) is 10.2 Å². The minimum Gasteiger partial charge on any atom is -0.317 e.